The standard InChI is InChI=1S/C15H12BrN3O2/c16-10-2-1-8(17)5-9(10)15-18-11-6-13-14(7-12(11)19-15)21-4-3-20-13/h1-2,5-7H,3-4,17H2,(H,18,19). The first-order chi connectivity index (χ1) is 10.2. The van der Waals surface area contributed by atoms with Crippen molar-refractivity contribution in [3.63, 3.8) is 0 Å². The number of nitrogens with two attached hydrogens (primary N) is 1. The van der Waals surface area contributed by atoms with E-state index < -0.39 is 0 Å². The van der Waals surface area contributed by atoms with Gasteiger partial charge in [0, 0.05) is 27.9 Å². The molecule has 6 heteroatoms. The van der Waals surface area contributed by atoms with Gasteiger partial charge in [0.25, 0.3) is 0 Å². The first-order valence-electron chi connectivity index (χ1n) is 6.55. The zero-order chi connectivity index (χ0) is 14.4. The van der Waals surface area contributed by atoms with E-state index >= 15 is 0 Å². The van der Waals surface area contributed by atoms with Gasteiger partial charge in [-0.2, -0.15) is 0 Å². The van der Waals surface area contributed by atoms with E-state index in [2.05, 4.69) is 25.9 Å². The smallest absolute Gasteiger partial charge is 0.163 e. The van der Waals surface area contributed by atoms with E-state index in [1.54, 1.807) is 0 Å². The maximum atomic E-state index is 5.86. The van der Waals surface area contributed by atoms with Crippen LogP contribution in [0.3, 0.4) is 0 Å². The first kappa shape index (κ1) is 12.5. The molecule has 1 aliphatic rings. The number of ether oxygens (including phenoxy) is 2. The molecule has 2 heterocycles. The number of aromatic amines is 1. The quantitative estimate of drug-likeness (QED) is 0.663. The SMILES string of the molecule is Nc1ccc(Br)c(-c2nc3cc4c(cc3[nH]2)OCCO4)c1. The molecule has 106 valence electrons. The molecule has 0 saturated carbocycles. The normalized spacial score (nSPS) is 13.6. The molecule has 0 unspecified atom stereocenters. The summed E-state index contributed by atoms with van der Waals surface area (Å²) in [5.41, 5.74) is 9.22. The number of nitrogen functional groups attached to an aromatic ring is 1. The Bertz CT molecular complexity index is 801. The van der Waals surface area contributed by atoms with Crippen molar-refractivity contribution in [1.29, 1.82) is 0 Å². The molecule has 0 atom stereocenters. The van der Waals surface area contributed by atoms with Crippen molar-refractivity contribution in [2.45, 2.75) is 0 Å². The molecule has 4 rings (SSSR count). The Labute approximate surface area is 129 Å². The molecule has 3 N–H and O–H groups in total. The van der Waals surface area contributed by atoms with E-state index in [1.165, 1.54) is 0 Å². The Balaban J connectivity index is 1.88. The van der Waals surface area contributed by atoms with Crippen LogP contribution in [0.4, 0.5) is 5.69 Å². The Morgan fingerprint density at radius 2 is 1.86 bits per heavy atom. The van der Waals surface area contributed by atoms with E-state index in [-0.39, 0.29) is 0 Å². The second-order valence-electron chi connectivity index (χ2n) is 4.84. The number of fused-ring (bicyclic) bond motifs is 2. The van der Waals surface area contributed by atoms with Crippen molar-refractivity contribution >= 4 is 32.7 Å². The van der Waals surface area contributed by atoms with Crippen LogP contribution in [-0.2, 0) is 0 Å². The lowest BCUT2D eigenvalue weighted by Crippen LogP contribution is -2.15. The molecule has 5 nitrogen and oxygen atoms in total. The monoisotopic (exact) mass is 345 g/mol. The molecule has 21 heavy (non-hydrogen) atoms. The van der Waals surface area contributed by atoms with Crippen molar-refractivity contribution in [1.82, 2.24) is 9.97 Å². The highest BCUT2D eigenvalue weighted by Gasteiger charge is 2.16. The van der Waals surface area contributed by atoms with Gasteiger partial charge in [0.05, 0.1) is 11.0 Å². The average molecular weight is 346 g/mol. The fourth-order valence-corrected chi connectivity index (χ4v) is 2.83. The van der Waals surface area contributed by atoms with Crippen molar-refractivity contribution in [2.75, 3.05) is 18.9 Å². The van der Waals surface area contributed by atoms with E-state index in [0.717, 1.165) is 38.4 Å². The molecule has 0 spiro atoms. The number of hydrogen-bond donors (Lipinski definition) is 2. The van der Waals surface area contributed by atoms with Gasteiger partial charge in [-0.05, 0) is 18.2 Å². The number of rotatable bonds is 1. The van der Waals surface area contributed by atoms with Gasteiger partial charge in [-0.25, -0.2) is 4.98 Å². The van der Waals surface area contributed by atoms with Gasteiger partial charge in [-0.3, -0.25) is 0 Å². The van der Waals surface area contributed by atoms with Crippen molar-refractivity contribution in [3.8, 4) is 22.9 Å². The van der Waals surface area contributed by atoms with Crippen LogP contribution in [0.1, 0.15) is 0 Å². The molecule has 2 aromatic carbocycles. The third-order valence-corrected chi connectivity index (χ3v) is 4.08. The number of nitrogens with zero attached hydrogens (tertiary/aromatic N) is 1. The number of imidazole rings is 1. The van der Waals surface area contributed by atoms with Gasteiger partial charge in [0.15, 0.2) is 11.5 Å². The summed E-state index contributed by atoms with van der Waals surface area (Å²) in [5.74, 6) is 2.24. The lowest BCUT2D eigenvalue weighted by molar-refractivity contribution is 0.172. The summed E-state index contributed by atoms with van der Waals surface area (Å²) < 4.78 is 12.1. The number of halogens is 1. The molecule has 0 aliphatic carbocycles. The molecule has 0 fully saturated rings. The van der Waals surface area contributed by atoms with Crippen LogP contribution in [-0.4, -0.2) is 23.2 Å². The van der Waals surface area contributed by atoms with Crippen LogP contribution in [0.5, 0.6) is 11.5 Å². The van der Waals surface area contributed by atoms with Crippen LogP contribution in [0, 0.1) is 0 Å². The number of hydrogen-bond acceptors (Lipinski definition) is 4. The summed E-state index contributed by atoms with van der Waals surface area (Å²) >= 11 is 3.53. The molecule has 0 radical (unpaired) electrons. The highest BCUT2D eigenvalue weighted by atomic mass is 79.9. The third kappa shape index (κ3) is 2.12. The highest BCUT2D eigenvalue weighted by molar-refractivity contribution is 9.10. The predicted octanol–water partition coefficient (Wildman–Crippen LogP) is 3.35. The van der Waals surface area contributed by atoms with Gasteiger partial charge in [0.1, 0.15) is 19.0 Å². The van der Waals surface area contributed by atoms with E-state index in [0.29, 0.717) is 18.9 Å². The molecule has 1 aromatic heterocycles. The zero-order valence-electron chi connectivity index (χ0n) is 11.0. The van der Waals surface area contributed by atoms with Crippen LogP contribution in [0.2, 0.25) is 0 Å². The molecule has 0 bridgehead atoms. The summed E-state index contributed by atoms with van der Waals surface area (Å²) in [6.07, 6.45) is 0. The fourth-order valence-electron chi connectivity index (χ4n) is 2.40. The van der Waals surface area contributed by atoms with Gasteiger partial charge in [0.2, 0.25) is 0 Å². The first-order valence-corrected chi connectivity index (χ1v) is 7.35. The number of H-pyrrole nitrogens is 1. The molecular formula is C15H12BrN3O2. The summed E-state index contributed by atoms with van der Waals surface area (Å²) in [5, 5.41) is 0. The number of aromatic nitrogens is 2. The average Bonchev–Trinajstić information content (AvgIpc) is 2.89. The minimum Gasteiger partial charge on any atom is -0.486 e. The topological polar surface area (TPSA) is 73.2 Å². The minimum atomic E-state index is 0.566. The van der Waals surface area contributed by atoms with Crippen LogP contribution in [0.15, 0.2) is 34.8 Å². The molecule has 0 saturated heterocycles. The van der Waals surface area contributed by atoms with Crippen LogP contribution in [0.25, 0.3) is 22.4 Å². The predicted molar refractivity (Wildman–Crippen MR) is 84.6 cm³/mol. The lowest BCUT2D eigenvalue weighted by Gasteiger charge is -2.17. The zero-order valence-corrected chi connectivity index (χ0v) is 12.6. The Hall–Kier alpha value is -2.21. The Kier molecular flexibility index (Phi) is 2.78. The summed E-state index contributed by atoms with van der Waals surface area (Å²) in [7, 11) is 0. The van der Waals surface area contributed by atoms with Gasteiger partial charge in [-0.1, -0.05) is 15.9 Å². The summed E-state index contributed by atoms with van der Waals surface area (Å²) in [6.45, 7) is 1.14. The van der Waals surface area contributed by atoms with Gasteiger partial charge < -0.3 is 20.2 Å². The summed E-state index contributed by atoms with van der Waals surface area (Å²) in [4.78, 5) is 7.91. The van der Waals surface area contributed by atoms with E-state index in [4.69, 9.17) is 15.2 Å². The highest BCUT2D eigenvalue weighted by Crippen LogP contribution is 2.36. The largest absolute Gasteiger partial charge is 0.486 e. The van der Waals surface area contributed by atoms with Crippen LogP contribution >= 0.6 is 15.9 Å². The van der Waals surface area contributed by atoms with E-state index in [9.17, 15) is 0 Å². The van der Waals surface area contributed by atoms with Crippen molar-refractivity contribution in [2.24, 2.45) is 0 Å². The van der Waals surface area contributed by atoms with Gasteiger partial charge >= 0.3 is 0 Å². The third-order valence-electron chi connectivity index (χ3n) is 3.39. The van der Waals surface area contributed by atoms with Gasteiger partial charge in [-0.15, -0.1) is 0 Å². The molecule has 0 amide bonds. The second kappa shape index (κ2) is 4.66. The number of anilines is 1. The Morgan fingerprint density at radius 1 is 1.10 bits per heavy atom. The Morgan fingerprint density at radius 3 is 2.67 bits per heavy atom. The fraction of sp³-hybridized carbons (Fsp3) is 0.133. The maximum absolute atomic E-state index is 5.86. The van der Waals surface area contributed by atoms with Crippen molar-refractivity contribution < 1.29 is 9.47 Å². The summed E-state index contributed by atoms with van der Waals surface area (Å²) in [6, 6.07) is 9.45. The number of benzene rings is 2. The molecular weight excluding hydrogens is 334 g/mol. The van der Waals surface area contributed by atoms with Crippen molar-refractivity contribution in [3.05, 3.63) is 34.8 Å². The second-order valence-corrected chi connectivity index (χ2v) is 5.69. The molecule has 3 aromatic rings. The minimum absolute atomic E-state index is 0.566. The number of nitrogens with one attached hydrogen (secondary N) is 1. The lowest BCUT2D eigenvalue weighted by atomic mass is 10.2. The maximum Gasteiger partial charge on any atom is 0.163 e. The van der Waals surface area contributed by atoms with Crippen LogP contribution < -0.4 is 15.2 Å². The molecule has 1 aliphatic heterocycles. The van der Waals surface area contributed by atoms with E-state index in [1.807, 2.05) is 30.3 Å².